The maximum Gasteiger partial charge on any atom is 0.416 e. The third kappa shape index (κ3) is 3.98. The lowest BCUT2D eigenvalue weighted by molar-refractivity contribution is -0.137. The molecular weight excluding hydrogens is 279 g/mol. The first-order chi connectivity index (χ1) is 9.93. The number of hydrogen-bond donors (Lipinski definition) is 0. The number of rotatable bonds is 4. The largest absolute Gasteiger partial charge is 0.416 e. The summed E-state index contributed by atoms with van der Waals surface area (Å²) in [4.78, 5) is 2.34. The Morgan fingerprint density at radius 2 is 1.90 bits per heavy atom. The zero-order chi connectivity index (χ0) is 15.5. The average Bonchev–Trinajstić information content (AvgIpc) is 2.45. The van der Waals surface area contributed by atoms with Crippen LogP contribution in [0.1, 0.15) is 43.4 Å². The normalized spacial score (nSPS) is 22.2. The molecule has 0 N–H and O–H groups in total. The van der Waals surface area contributed by atoms with E-state index in [1.165, 1.54) is 6.42 Å². The molecule has 1 heterocycles. The van der Waals surface area contributed by atoms with Gasteiger partial charge in [0.2, 0.25) is 0 Å². The number of benzene rings is 1. The van der Waals surface area contributed by atoms with Gasteiger partial charge in [-0.05, 0) is 44.0 Å². The van der Waals surface area contributed by atoms with Gasteiger partial charge in [-0.25, -0.2) is 0 Å². The second-order valence-corrected chi connectivity index (χ2v) is 5.67. The zero-order valence-corrected chi connectivity index (χ0v) is 12.5. The van der Waals surface area contributed by atoms with Crippen molar-refractivity contribution >= 4 is 0 Å². The molecule has 1 fully saturated rings. The van der Waals surface area contributed by atoms with Crippen LogP contribution in [0.15, 0.2) is 24.3 Å². The number of nitrogens with zero attached hydrogens (tertiary/aromatic N) is 1. The van der Waals surface area contributed by atoms with E-state index in [9.17, 15) is 13.2 Å². The highest BCUT2D eigenvalue weighted by Gasteiger charge is 2.31. The van der Waals surface area contributed by atoms with Gasteiger partial charge in [-0.15, -0.1) is 0 Å². The summed E-state index contributed by atoms with van der Waals surface area (Å²) < 4.78 is 43.2. The molecule has 0 unspecified atom stereocenters. The molecule has 2 atom stereocenters. The quantitative estimate of drug-likeness (QED) is 0.823. The van der Waals surface area contributed by atoms with Gasteiger partial charge in [0.05, 0.1) is 18.2 Å². The molecular formula is C16H22F3NO. The summed E-state index contributed by atoms with van der Waals surface area (Å²) >= 11 is 0. The van der Waals surface area contributed by atoms with E-state index in [-0.39, 0.29) is 6.04 Å². The first-order valence-corrected chi connectivity index (χ1v) is 7.35. The lowest BCUT2D eigenvalue weighted by Gasteiger charge is -2.39. The van der Waals surface area contributed by atoms with Crippen LogP contribution < -0.4 is 0 Å². The van der Waals surface area contributed by atoms with Gasteiger partial charge in [0, 0.05) is 13.2 Å². The molecule has 0 aromatic heterocycles. The molecule has 1 aromatic carbocycles. The Labute approximate surface area is 123 Å². The zero-order valence-electron chi connectivity index (χ0n) is 12.5. The summed E-state index contributed by atoms with van der Waals surface area (Å²) in [7, 11) is 1.63. The van der Waals surface area contributed by atoms with Crippen molar-refractivity contribution in [1.29, 1.82) is 0 Å². The van der Waals surface area contributed by atoms with Crippen molar-refractivity contribution in [3.05, 3.63) is 35.4 Å². The van der Waals surface area contributed by atoms with Gasteiger partial charge in [-0.3, -0.25) is 4.90 Å². The number of methoxy groups -OCH3 is 1. The minimum absolute atomic E-state index is 0.0209. The van der Waals surface area contributed by atoms with E-state index in [0.717, 1.165) is 37.1 Å². The second kappa shape index (κ2) is 6.79. The number of halogens is 3. The molecule has 5 heteroatoms. The minimum Gasteiger partial charge on any atom is -0.383 e. The molecule has 0 bridgehead atoms. The van der Waals surface area contributed by atoms with E-state index in [4.69, 9.17) is 4.74 Å². The Kier molecular flexibility index (Phi) is 5.27. The Balaban J connectivity index is 2.21. The van der Waals surface area contributed by atoms with Crippen molar-refractivity contribution < 1.29 is 17.9 Å². The first kappa shape index (κ1) is 16.3. The van der Waals surface area contributed by atoms with Crippen molar-refractivity contribution in [3.63, 3.8) is 0 Å². The Morgan fingerprint density at radius 1 is 1.24 bits per heavy atom. The van der Waals surface area contributed by atoms with E-state index in [1.807, 2.05) is 0 Å². The Bertz CT molecular complexity index is 444. The molecule has 1 aliphatic heterocycles. The molecule has 0 amide bonds. The minimum atomic E-state index is -4.28. The molecule has 0 spiro atoms. The van der Waals surface area contributed by atoms with Gasteiger partial charge in [-0.2, -0.15) is 13.2 Å². The van der Waals surface area contributed by atoms with Crippen LogP contribution in [0.3, 0.4) is 0 Å². The molecule has 118 valence electrons. The molecule has 21 heavy (non-hydrogen) atoms. The van der Waals surface area contributed by atoms with E-state index in [0.29, 0.717) is 12.6 Å². The SMILES string of the molecule is COC[C@@H](c1ccc(C(F)(F)F)cc1)N1CCCC[C@@H]1C. The van der Waals surface area contributed by atoms with Crippen LogP contribution in [-0.2, 0) is 10.9 Å². The van der Waals surface area contributed by atoms with Crippen LogP contribution in [-0.4, -0.2) is 31.2 Å². The predicted molar refractivity (Wildman–Crippen MR) is 76.1 cm³/mol. The molecule has 1 aliphatic rings. The maximum atomic E-state index is 12.7. The summed E-state index contributed by atoms with van der Waals surface area (Å²) in [6.07, 6.45) is -0.815. The highest BCUT2D eigenvalue weighted by molar-refractivity contribution is 5.27. The monoisotopic (exact) mass is 301 g/mol. The smallest absolute Gasteiger partial charge is 0.383 e. The van der Waals surface area contributed by atoms with E-state index < -0.39 is 11.7 Å². The fourth-order valence-electron chi connectivity index (χ4n) is 3.02. The van der Waals surface area contributed by atoms with Crippen molar-refractivity contribution in [2.24, 2.45) is 0 Å². The average molecular weight is 301 g/mol. The molecule has 0 radical (unpaired) electrons. The summed E-state index contributed by atoms with van der Waals surface area (Å²) in [5.74, 6) is 0. The van der Waals surface area contributed by atoms with Gasteiger partial charge in [0.1, 0.15) is 0 Å². The highest BCUT2D eigenvalue weighted by atomic mass is 19.4. The molecule has 1 saturated heterocycles. The van der Waals surface area contributed by atoms with Crippen LogP contribution in [0.5, 0.6) is 0 Å². The lowest BCUT2D eigenvalue weighted by Crippen LogP contribution is -2.41. The third-order valence-electron chi connectivity index (χ3n) is 4.20. The van der Waals surface area contributed by atoms with E-state index in [2.05, 4.69) is 11.8 Å². The van der Waals surface area contributed by atoms with Crippen LogP contribution in [0.4, 0.5) is 13.2 Å². The van der Waals surface area contributed by atoms with Crippen LogP contribution in [0.2, 0.25) is 0 Å². The van der Waals surface area contributed by atoms with E-state index >= 15 is 0 Å². The fourth-order valence-corrected chi connectivity index (χ4v) is 3.02. The number of hydrogen-bond acceptors (Lipinski definition) is 2. The number of alkyl halides is 3. The maximum absolute atomic E-state index is 12.7. The van der Waals surface area contributed by atoms with Crippen molar-refractivity contribution in [2.75, 3.05) is 20.3 Å². The number of ether oxygens (including phenoxy) is 1. The lowest BCUT2D eigenvalue weighted by atomic mass is 9.97. The summed E-state index contributed by atoms with van der Waals surface area (Å²) in [5, 5.41) is 0. The topological polar surface area (TPSA) is 12.5 Å². The van der Waals surface area contributed by atoms with Crippen molar-refractivity contribution in [3.8, 4) is 0 Å². The van der Waals surface area contributed by atoms with Gasteiger partial charge in [-0.1, -0.05) is 18.6 Å². The molecule has 0 aliphatic carbocycles. The van der Waals surface area contributed by atoms with Gasteiger partial charge < -0.3 is 4.74 Å². The van der Waals surface area contributed by atoms with Crippen LogP contribution in [0, 0.1) is 0 Å². The highest BCUT2D eigenvalue weighted by Crippen LogP contribution is 2.32. The van der Waals surface area contributed by atoms with Crippen molar-refractivity contribution in [2.45, 2.75) is 44.4 Å². The van der Waals surface area contributed by atoms with Crippen molar-refractivity contribution in [1.82, 2.24) is 4.90 Å². The van der Waals surface area contributed by atoms with E-state index in [1.54, 1.807) is 19.2 Å². The Hall–Kier alpha value is -1.07. The summed E-state index contributed by atoms with van der Waals surface area (Å²) in [6, 6.07) is 5.93. The molecule has 0 saturated carbocycles. The Morgan fingerprint density at radius 3 is 2.43 bits per heavy atom. The third-order valence-corrected chi connectivity index (χ3v) is 4.20. The van der Waals surface area contributed by atoms with Crippen LogP contribution >= 0.6 is 0 Å². The van der Waals surface area contributed by atoms with Gasteiger partial charge in [0.25, 0.3) is 0 Å². The summed E-state index contributed by atoms with van der Waals surface area (Å²) in [6.45, 7) is 3.64. The van der Waals surface area contributed by atoms with Gasteiger partial charge in [0.15, 0.2) is 0 Å². The fraction of sp³-hybridized carbons (Fsp3) is 0.625. The number of likely N-dealkylation sites (tertiary alicyclic amines) is 1. The first-order valence-electron chi connectivity index (χ1n) is 7.35. The summed E-state index contributed by atoms with van der Waals surface area (Å²) in [5.41, 5.74) is 0.285. The van der Waals surface area contributed by atoms with Gasteiger partial charge >= 0.3 is 6.18 Å². The van der Waals surface area contributed by atoms with Crippen LogP contribution in [0.25, 0.3) is 0 Å². The standard InChI is InChI=1S/C16H22F3NO/c1-12-5-3-4-10-20(12)15(11-21-2)13-6-8-14(9-7-13)16(17,18)19/h6-9,12,15H,3-5,10-11H2,1-2H3/t12-,15-/m0/s1. The predicted octanol–water partition coefficient (Wildman–Crippen LogP) is 4.27. The molecule has 2 nitrogen and oxygen atoms in total. The second-order valence-electron chi connectivity index (χ2n) is 5.67. The molecule has 2 rings (SSSR count). The number of piperidine rings is 1. The molecule has 1 aromatic rings.